The van der Waals surface area contributed by atoms with Gasteiger partial charge >= 0.3 is 17.9 Å². The van der Waals surface area contributed by atoms with Gasteiger partial charge in [-0.05, 0) is 24.9 Å². The quantitative estimate of drug-likeness (QED) is 0.0484. The summed E-state index contributed by atoms with van der Waals surface area (Å²) in [5.74, 6) is -8.94. The van der Waals surface area contributed by atoms with E-state index in [1.54, 1.807) is 0 Å². The van der Waals surface area contributed by atoms with Crippen LogP contribution in [0, 0.1) is 0 Å². The third-order valence-corrected chi connectivity index (χ3v) is 7.93. The van der Waals surface area contributed by atoms with Crippen molar-refractivity contribution in [1.29, 1.82) is 0 Å². The van der Waals surface area contributed by atoms with E-state index in [9.17, 15) is 53.7 Å². The van der Waals surface area contributed by atoms with Crippen LogP contribution in [0.3, 0.4) is 0 Å². The van der Waals surface area contributed by atoms with E-state index >= 15 is 0 Å². The first-order valence-electron chi connectivity index (χ1n) is 15.6. The van der Waals surface area contributed by atoms with Crippen LogP contribution in [-0.2, 0) is 51.2 Å². The Morgan fingerprint density at radius 2 is 1.15 bits per heavy atom. The minimum atomic E-state index is -1.87. The Hall–Kier alpha value is -5.55. The molecule has 2 heterocycles. The molecule has 2 aromatic heterocycles. The van der Waals surface area contributed by atoms with Gasteiger partial charge in [0.25, 0.3) is 0 Å². The Morgan fingerprint density at radius 3 is 1.60 bits per heavy atom. The Bertz CT molecular complexity index is 1520. The van der Waals surface area contributed by atoms with E-state index in [-0.39, 0.29) is 18.5 Å². The van der Waals surface area contributed by atoms with Crippen LogP contribution in [0.25, 0.3) is 0 Å². The van der Waals surface area contributed by atoms with Crippen molar-refractivity contribution in [1.82, 2.24) is 46.5 Å². The number of thioether (sulfide) groups is 1. The molecule has 52 heavy (non-hydrogen) atoms. The van der Waals surface area contributed by atoms with Crippen LogP contribution in [0.4, 0.5) is 0 Å². The molecule has 286 valence electrons. The van der Waals surface area contributed by atoms with E-state index in [4.69, 9.17) is 10.8 Å². The van der Waals surface area contributed by atoms with Gasteiger partial charge in [-0.25, -0.2) is 14.8 Å². The first-order chi connectivity index (χ1) is 24.6. The number of aromatic nitrogens is 4. The number of hydrogen-bond donors (Lipinski definition) is 12. The molecule has 6 atom stereocenters. The maximum Gasteiger partial charge on any atom is 0.326 e. The highest BCUT2D eigenvalue weighted by Gasteiger charge is 2.33. The summed E-state index contributed by atoms with van der Waals surface area (Å²) < 4.78 is 0. The lowest BCUT2D eigenvalue weighted by molar-refractivity contribution is -0.147. The second-order valence-corrected chi connectivity index (χ2v) is 12.3. The molecule has 0 aliphatic carbocycles. The molecule has 23 heteroatoms. The molecule has 0 radical (unpaired) electrons. The number of hydrogen-bond acceptors (Lipinski definition) is 13. The number of nitrogens with one attached hydrogen (secondary N) is 7. The fraction of sp³-hybridized carbons (Fsp3) is 0.517. The summed E-state index contributed by atoms with van der Waals surface area (Å²) in [6.45, 7) is -1.06. The molecule has 5 amide bonds. The first-order valence-corrected chi connectivity index (χ1v) is 17.0. The number of H-pyrrole nitrogens is 2. The Morgan fingerprint density at radius 1 is 0.692 bits per heavy atom. The lowest BCUT2D eigenvalue weighted by Gasteiger charge is -2.26. The highest BCUT2D eigenvalue weighted by molar-refractivity contribution is 7.98. The molecular formula is C29H42N10O12S. The van der Waals surface area contributed by atoms with Gasteiger partial charge in [-0.2, -0.15) is 11.8 Å². The summed E-state index contributed by atoms with van der Waals surface area (Å²) in [4.78, 5) is 113. The van der Waals surface area contributed by atoms with Crippen LogP contribution in [0.1, 0.15) is 37.1 Å². The van der Waals surface area contributed by atoms with Crippen LogP contribution in [0.5, 0.6) is 0 Å². The number of carbonyl (C=O) groups excluding carboxylic acids is 5. The van der Waals surface area contributed by atoms with Crippen molar-refractivity contribution in [2.45, 2.75) is 74.8 Å². The lowest BCUT2D eigenvalue weighted by Crippen LogP contribution is -2.60. The summed E-state index contributed by atoms with van der Waals surface area (Å²) in [6, 6.07) is -9.14. The SMILES string of the molecule is CSCC[C@H](N)C(=O)N[C@@H](Cc1cnc[nH]1)C(=O)N[C@@H](CCC(=O)O)C(=O)N[C@@H](CO)C(=O)N[C@@H](Cc1cnc[nH]1)C(=O)N[C@@H](CC(=O)O)C(=O)O. The Balaban J connectivity index is 2.26. The van der Waals surface area contributed by atoms with Crippen LogP contribution in [0.15, 0.2) is 25.0 Å². The fourth-order valence-electron chi connectivity index (χ4n) is 4.50. The standard InChI is InChI=1S/C29H42N10O12S/c1-52-5-4-16(30)24(45)36-18(6-14-9-31-12-33-14)26(47)35-17(2-3-22(41)42)25(46)39-21(11-40)28(49)37-19(7-15-10-32-13-34-15)27(48)38-20(29(50)51)8-23(43)44/h9-10,12-13,16-21,40H,2-8,11,30H2,1H3,(H,31,33)(H,32,34)(H,35,47)(H,36,45)(H,37,49)(H,38,48)(H,39,46)(H,41,42)(H,43,44)(H,50,51)/t16-,17-,18-,19-,20-,21-/m0/s1. The average molecular weight is 755 g/mol. The van der Waals surface area contributed by atoms with Gasteiger partial charge in [-0.1, -0.05) is 0 Å². The van der Waals surface area contributed by atoms with Gasteiger partial charge in [-0.15, -0.1) is 0 Å². The van der Waals surface area contributed by atoms with Crippen molar-refractivity contribution in [2.24, 2.45) is 5.73 Å². The zero-order valence-electron chi connectivity index (χ0n) is 27.9. The maximum absolute atomic E-state index is 13.5. The third kappa shape index (κ3) is 14.7. The normalized spacial score (nSPS) is 14.4. The van der Waals surface area contributed by atoms with E-state index in [2.05, 4.69) is 41.2 Å². The van der Waals surface area contributed by atoms with Gasteiger partial charge in [0.15, 0.2) is 0 Å². The third-order valence-electron chi connectivity index (χ3n) is 7.28. The topological polar surface area (TPSA) is 361 Å². The van der Waals surface area contributed by atoms with Gasteiger partial charge < -0.3 is 62.7 Å². The number of aliphatic hydroxyl groups is 1. The van der Waals surface area contributed by atoms with Gasteiger partial charge in [0.2, 0.25) is 29.5 Å². The van der Waals surface area contributed by atoms with E-state index in [0.29, 0.717) is 17.9 Å². The van der Waals surface area contributed by atoms with E-state index < -0.39 is 110 Å². The number of carboxylic acid groups (broad SMARTS) is 3. The molecule has 0 bridgehead atoms. The minimum Gasteiger partial charge on any atom is -0.481 e. The molecule has 0 fully saturated rings. The second kappa shape index (κ2) is 21.6. The number of nitrogens with two attached hydrogens (primary N) is 1. The predicted molar refractivity (Wildman–Crippen MR) is 179 cm³/mol. The first kappa shape index (κ1) is 42.6. The molecule has 0 saturated carbocycles. The van der Waals surface area contributed by atoms with Crippen molar-refractivity contribution >= 4 is 59.2 Å². The number of nitrogens with zero attached hydrogens (tertiary/aromatic N) is 2. The number of aliphatic hydroxyl groups excluding tert-OH is 1. The largest absolute Gasteiger partial charge is 0.481 e. The molecule has 0 saturated heterocycles. The zero-order chi connectivity index (χ0) is 38.8. The van der Waals surface area contributed by atoms with Crippen molar-refractivity contribution in [2.75, 3.05) is 18.6 Å². The summed E-state index contributed by atoms with van der Waals surface area (Å²) >= 11 is 1.46. The smallest absolute Gasteiger partial charge is 0.326 e. The molecule has 0 unspecified atom stereocenters. The molecule has 22 nitrogen and oxygen atoms in total. The molecule has 2 rings (SSSR count). The molecule has 0 aromatic carbocycles. The fourth-order valence-corrected chi connectivity index (χ4v) is 4.99. The summed E-state index contributed by atoms with van der Waals surface area (Å²) in [6.07, 6.45) is 4.86. The Kier molecular flexibility index (Phi) is 17.7. The zero-order valence-corrected chi connectivity index (χ0v) is 28.7. The van der Waals surface area contributed by atoms with Crippen LogP contribution in [0.2, 0.25) is 0 Å². The lowest BCUT2D eigenvalue weighted by atomic mass is 10.1. The highest BCUT2D eigenvalue weighted by atomic mass is 32.2. The predicted octanol–water partition coefficient (Wildman–Crippen LogP) is -4.16. The van der Waals surface area contributed by atoms with Gasteiger partial charge in [0, 0.05) is 43.0 Å². The monoisotopic (exact) mass is 754 g/mol. The van der Waals surface area contributed by atoms with Crippen LogP contribution < -0.4 is 32.3 Å². The van der Waals surface area contributed by atoms with Crippen molar-refractivity contribution in [3.8, 4) is 0 Å². The average Bonchev–Trinajstić information content (AvgIpc) is 3.81. The van der Waals surface area contributed by atoms with Crippen LogP contribution in [-0.4, -0.2) is 143 Å². The summed E-state index contributed by atoms with van der Waals surface area (Å²) in [5, 5.41) is 49.0. The molecule has 0 aliphatic rings. The number of aromatic amines is 2. The number of rotatable bonds is 24. The van der Waals surface area contributed by atoms with Gasteiger partial charge in [-0.3, -0.25) is 33.6 Å². The summed E-state index contributed by atoms with van der Waals surface area (Å²) in [7, 11) is 0. The molecule has 0 spiro atoms. The summed E-state index contributed by atoms with van der Waals surface area (Å²) in [5.41, 5.74) is 6.66. The van der Waals surface area contributed by atoms with Crippen molar-refractivity contribution in [3.63, 3.8) is 0 Å². The van der Waals surface area contributed by atoms with E-state index in [0.717, 1.165) is 0 Å². The number of carbonyl (C=O) groups is 8. The van der Waals surface area contributed by atoms with Gasteiger partial charge in [0.05, 0.1) is 31.7 Å². The van der Waals surface area contributed by atoms with E-state index in [1.807, 2.05) is 11.6 Å². The minimum absolute atomic E-state index is 0.128. The second-order valence-electron chi connectivity index (χ2n) is 11.3. The number of aliphatic carboxylic acids is 3. The number of carboxylic acids is 3. The van der Waals surface area contributed by atoms with Crippen molar-refractivity contribution in [3.05, 3.63) is 36.4 Å². The molecule has 13 N–H and O–H groups in total. The van der Waals surface area contributed by atoms with Gasteiger partial charge in [0.1, 0.15) is 30.2 Å². The van der Waals surface area contributed by atoms with Crippen LogP contribution >= 0.6 is 11.8 Å². The molecule has 2 aromatic rings. The van der Waals surface area contributed by atoms with Crippen molar-refractivity contribution < 1.29 is 58.8 Å². The Labute approximate surface area is 299 Å². The highest BCUT2D eigenvalue weighted by Crippen LogP contribution is 2.07. The molecular weight excluding hydrogens is 712 g/mol. The maximum atomic E-state index is 13.5. The number of amides is 5. The number of imidazole rings is 2. The van der Waals surface area contributed by atoms with E-state index in [1.165, 1.54) is 36.8 Å². The molecule has 0 aliphatic heterocycles.